The molecule has 2 heterocycles. The molecule has 1 aromatic heterocycles. The van der Waals surface area contributed by atoms with E-state index in [0.717, 1.165) is 30.0 Å². The van der Waals surface area contributed by atoms with Crippen molar-refractivity contribution in [3.05, 3.63) is 29.6 Å². The maximum absolute atomic E-state index is 5.47. The number of fused-ring (bicyclic) bond motifs is 2. The summed E-state index contributed by atoms with van der Waals surface area (Å²) in [6.07, 6.45) is 2.16. The summed E-state index contributed by atoms with van der Waals surface area (Å²) in [6, 6.07) is 6.24. The van der Waals surface area contributed by atoms with Crippen molar-refractivity contribution in [3.8, 4) is 11.5 Å². The van der Waals surface area contributed by atoms with Crippen molar-refractivity contribution in [3.63, 3.8) is 0 Å². The van der Waals surface area contributed by atoms with Crippen LogP contribution in [-0.4, -0.2) is 11.8 Å². The normalized spacial score (nSPS) is 13.5. The van der Waals surface area contributed by atoms with Crippen LogP contribution in [0.2, 0.25) is 0 Å². The molecule has 1 aromatic carbocycles. The van der Waals surface area contributed by atoms with Crippen LogP contribution >= 0.6 is 0 Å². The SMILES string of the molecule is Cc1cc2cc3c(cc2c(CCC(C)C)n1)OCO3. The highest BCUT2D eigenvalue weighted by atomic mass is 16.7. The summed E-state index contributed by atoms with van der Waals surface area (Å²) in [6.45, 7) is 6.85. The number of aryl methyl sites for hydroxylation is 2. The fraction of sp³-hybridized carbons (Fsp3) is 0.438. The quantitative estimate of drug-likeness (QED) is 0.836. The predicted molar refractivity (Wildman–Crippen MR) is 75.8 cm³/mol. The zero-order valence-corrected chi connectivity index (χ0v) is 11.7. The van der Waals surface area contributed by atoms with Crippen LogP contribution in [0, 0.1) is 12.8 Å². The lowest BCUT2D eigenvalue weighted by molar-refractivity contribution is 0.174. The molecule has 3 heteroatoms. The molecule has 0 saturated carbocycles. The van der Waals surface area contributed by atoms with E-state index >= 15 is 0 Å². The Balaban J connectivity index is 2.09. The average Bonchev–Trinajstić information content (AvgIpc) is 2.80. The molecule has 100 valence electrons. The van der Waals surface area contributed by atoms with E-state index in [1.165, 1.54) is 16.5 Å². The number of hydrogen-bond acceptors (Lipinski definition) is 3. The Labute approximate surface area is 113 Å². The molecule has 0 spiro atoms. The van der Waals surface area contributed by atoms with Gasteiger partial charge in [0.25, 0.3) is 0 Å². The molecule has 0 fully saturated rings. The van der Waals surface area contributed by atoms with Gasteiger partial charge < -0.3 is 9.47 Å². The van der Waals surface area contributed by atoms with Gasteiger partial charge in [-0.1, -0.05) is 13.8 Å². The van der Waals surface area contributed by atoms with Crippen molar-refractivity contribution < 1.29 is 9.47 Å². The van der Waals surface area contributed by atoms with Crippen molar-refractivity contribution >= 4 is 10.8 Å². The Morgan fingerprint density at radius 3 is 2.63 bits per heavy atom. The van der Waals surface area contributed by atoms with Gasteiger partial charge in [0.15, 0.2) is 11.5 Å². The summed E-state index contributed by atoms with van der Waals surface area (Å²) in [5, 5.41) is 2.38. The van der Waals surface area contributed by atoms with Gasteiger partial charge in [-0.15, -0.1) is 0 Å². The van der Waals surface area contributed by atoms with E-state index in [9.17, 15) is 0 Å². The van der Waals surface area contributed by atoms with Crippen LogP contribution in [0.15, 0.2) is 18.2 Å². The monoisotopic (exact) mass is 257 g/mol. The largest absolute Gasteiger partial charge is 0.454 e. The molecular weight excluding hydrogens is 238 g/mol. The molecule has 1 aliphatic rings. The van der Waals surface area contributed by atoms with Gasteiger partial charge in [0, 0.05) is 16.8 Å². The van der Waals surface area contributed by atoms with Crippen molar-refractivity contribution in [2.75, 3.05) is 6.79 Å². The van der Waals surface area contributed by atoms with Crippen LogP contribution in [0.4, 0.5) is 0 Å². The molecule has 0 amide bonds. The van der Waals surface area contributed by atoms with Crippen LogP contribution in [0.1, 0.15) is 31.7 Å². The van der Waals surface area contributed by atoms with E-state index in [1.54, 1.807) is 0 Å². The first-order chi connectivity index (χ1) is 9.13. The van der Waals surface area contributed by atoms with Gasteiger partial charge in [0.1, 0.15) is 0 Å². The van der Waals surface area contributed by atoms with E-state index in [0.29, 0.717) is 12.7 Å². The lowest BCUT2D eigenvalue weighted by atomic mass is 10.0. The van der Waals surface area contributed by atoms with Crippen LogP contribution in [-0.2, 0) is 6.42 Å². The van der Waals surface area contributed by atoms with E-state index in [-0.39, 0.29) is 0 Å². The summed E-state index contributed by atoms with van der Waals surface area (Å²) in [5.74, 6) is 2.36. The van der Waals surface area contributed by atoms with Gasteiger partial charge in [-0.2, -0.15) is 0 Å². The third-order valence-corrected chi connectivity index (χ3v) is 3.49. The van der Waals surface area contributed by atoms with Crippen molar-refractivity contribution in [1.29, 1.82) is 0 Å². The summed E-state index contributed by atoms with van der Waals surface area (Å²) in [5.41, 5.74) is 2.23. The minimum atomic E-state index is 0.319. The lowest BCUT2D eigenvalue weighted by Crippen LogP contribution is -1.98. The molecule has 0 aliphatic carbocycles. The first-order valence-electron chi connectivity index (χ1n) is 6.83. The summed E-state index contributed by atoms with van der Waals surface area (Å²) in [4.78, 5) is 4.70. The van der Waals surface area contributed by atoms with E-state index in [1.807, 2.05) is 6.92 Å². The molecular formula is C16H19NO2. The van der Waals surface area contributed by atoms with Crippen LogP contribution in [0.5, 0.6) is 11.5 Å². The molecule has 0 radical (unpaired) electrons. The second kappa shape index (κ2) is 4.72. The highest BCUT2D eigenvalue weighted by Crippen LogP contribution is 2.37. The van der Waals surface area contributed by atoms with Crippen LogP contribution in [0.25, 0.3) is 10.8 Å². The highest BCUT2D eigenvalue weighted by Gasteiger charge is 2.16. The number of rotatable bonds is 3. The zero-order chi connectivity index (χ0) is 13.4. The molecule has 2 aromatic rings. The van der Waals surface area contributed by atoms with E-state index < -0.39 is 0 Å². The zero-order valence-electron chi connectivity index (χ0n) is 11.7. The van der Waals surface area contributed by atoms with E-state index in [2.05, 4.69) is 32.0 Å². The average molecular weight is 257 g/mol. The predicted octanol–water partition coefficient (Wildman–Crippen LogP) is 3.86. The lowest BCUT2D eigenvalue weighted by Gasteiger charge is -2.10. The topological polar surface area (TPSA) is 31.4 Å². The van der Waals surface area contributed by atoms with Gasteiger partial charge in [-0.3, -0.25) is 4.98 Å². The Hall–Kier alpha value is -1.77. The van der Waals surface area contributed by atoms with Crippen LogP contribution in [0.3, 0.4) is 0 Å². The molecule has 0 unspecified atom stereocenters. The third-order valence-electron chi connectivity index (χ3n) is 3.49. The minimum Gasteiger partial charge on any atom is -0.454 e. The molecule has 19 heavy (non-hydrogen) atoms. The standard InChI is InChI=1S/C16H19NO2/c1-10(2)4-5-14-13-8-16-15(18-9-19-16)7-12(13)6-11(3)17-14/h6-8,10H,4-5,9H2,1-3H3. The molecule has 0 saturated heterocycles. The maximum atomic E-state index is 5.47. The number of ether oxygens (including phenoxy) is 2. The first-order valence-corrected chi connectivity index (χ1v) is 6.83. The second-order valence-electron chi connectivity index (χ2n) is 5.57. The Morgan fingerprint density at radius 1 is 1.16 bits per heavy atom. The van der Waals surface area contributed by atoms with Crippen molar-refractivity contribution in [2.45, 2.75) is 33.6 Å². The highest BCUT2D eigenvalue weighted by molar-refractivity contribution is 5.88. The summed E-state index contributed by atoms with van der Waals surface area (Å²) < 4.78 is 10.9. The Kier molecular flexibility index (Phi) is 3.05. The van der Waals surface area contributed by atoms with E-state index in [4.69, 9.17) is 14.5 Å². The number of pyridine rings is 1. The van der Waals surface area contributed by atoms with Gasteiger partial charge in [0.05, 0.1) is 0 Å². The van der Waals surface area contributed by atoms with Crippen LogP contribution < -0.4 is 9.47 Å². The first kappa shape index (κ1) is 12.3. The molecule has 1 aliphatic heterocycles. The molecule has 3 rings (SSSR count). The van der Waals surface area contributed by atoms with Crippen molar-refractivity contribution in [1.82, 2.24) is 4.98 Å². The van der Waals surface area contributed by atoms with Gasteiger partial charge in [-0.05, 0) is 49.3 Å². The molecule has 0 bridgehead atoms. The fourth-order valence-corrected chi connectivity index (χ4v) is 2.47. The number of benzene rings is 1. The second-order valence-corrected chi connectivity index (χ2v) is 5.57. The smallest absolute Gasteiger partial charge is 0.231 e. The number of hydrogen-bond donors (Lipinski definition) is 0. The summed E-state index contributed by atoms with van der Waals surface area (Å²) >= 11 is 0. The Bertz CT molecular complexity index is 620. The van der Waals surface area contributed by atoms with Gasteiger partial charge >= 0.3 is 0 Å². The minimum absolute atomic E-state index is 0.319. The third kappa shape index (κ3) is 2.37. The van der Waals surface area contributed by atoms with Gasteiger partial charge in [0.2, 0.25) is 6.79 Å². The number of aromatic nitrogens is 1. The van der Waals surface area contributed by atoms with Crippen molar-refractivity contribution in [2.24, 2.45) is 5.92 Å². The Morgan fingerprint density at radius 2 is 1.89 bits per heavy atom. The fourth-order valence-electron chi connectivity index (χ4n) is 2.47. The molecule has 3 nitrogen and oxygen atoms in total. The van der Waals surface area contributed by atoms with Gasteiger partial charge in [-0.25, -0.2) is 0 Å². The number of nitrogens with zero attached hydrogens (tertiary/aromatic N) is 1. The molecule has 0 N–H and O–H groups in total. The molecule has 0 atom stereocenters. The summed E-state index contributed by atoms with van der Waals surface area (Å²) in [7, 11) is 0. The maximum Gasteiger partial charge on any atom is 0.231 e.